The molecule has 0 aliphatic rings. The highest BCUT2D eigenvalue weighted by atomic mass is 35.5. The van der Waals surface area contributed by atoms with Gasteiger partial charge in [0, 0.05) is 24.2 Å². The van der Waals surface area contributed by atoms with E-state index in [-0.39, 0.29) is 17.7 Å². The molecular weight excluding hydrogens is 452 g/mol. The summed E-state index contributed by atoms with van der Waals surface area (Å²) in [6, 6.07) is 14.4. The van der Waals surface area contributed by atoms with Crippen molar-refractivity contribution in [2.24, 2.45) is 0 Å². The maximum Gasteiger partial charge on any atom is 0.259 e. The number of nitrogens with one attached hydrogen (secondary N) is 1. The molecule has 2 aromatic heterocycles. The molecule has 8 heteroatoms. The molecule has 2 aromatic carbocycles. The molecule has 0 bridgehead atoms. The molecule has 0 unspecified atom stereocenters. The van der Waals surface area contributed by atoms with Crippen molar-refractivity contribution in [3.05, 3.63) is 75.9 Å². The Balaban J connectivity index is 1.74. The van der Waals surface area contributed by atoms with Gasteiger partial charge in [-0.2, -0.15) is 0 Å². The van der Waals surface area contributed by atoms with Crippen LogP contribution >= 0.6 is 11.6 Å². The number of benzene rings is 2. The second-order valence-corrected chi connectivity index (χ2v) is 8.93. The third kappa shape index (κ3) is 4.52. The van der Waals surface area contributed by atoms with Gasteiger partial charge in [0.25, 0.3) is 17.5 Å². The molecule has 0 aliphatic heterocycles. The van der Waals surface area contributed by atoms with Crippen molar-refractivity contribution in [3.63, 3.8) is 0 Å². The summed E-state index contributed by atoms with van der Waals surface area (Å²) < 4.78 is 5.38. The molecule has 0 spiro atoms. The summed E-state index contributed by atoms with van der Waals surface area (Å²) in [7, 11) is 1.73. The van der Waals surface area contributed by atoms with Crippen molar-refractivity contribution < 1.29 is 14.1 Å². The van der Waals surface area contributed by atoms with Crippen LogP contribution in [0.3, 0.4) is 0 Å². The Morgan fingerprint density at radius 1 is 1.06 bits per heavy atom. The number of aromatic nitrogens is 2. The molecule has 0 atom stereocenters. The number of carbonyl (C=O) groups is 2. The number of hydrogen-bond acceptors (Lipinski definition) is 5. The molecule has 0 fully saturated rings. The van der Waals surface area contributed by atoms with Crippen molar-refractivity contribution in [2.75, 3.05) is 12.4 Å². The third-order valence-electron chi connectivity index (χ3n) is 5.77. The number of rotatable bonds is 5. The Morgan fingerprint density at radius 2 is 1.76 bits per heavy atom. The summed E-state index contributed by atoms with van der Waals surface area (Å²) in [5, 5.41) is 7.69. The zero-order chi connectivity index (χ0) is 24.6. The molecule has 1 N–H and O–H groups in total. The molecule has 2 heterocycles. The molecule has 34 heavy (non-hydrogen) atoms. The Kier molecular flexibility index (Phi) is 6.39. The number of pyridine rings is 1. The number of anilines is 1. The van der Waals surface area contributed by atoms with Crippen LogP contribution in [0.5, 0.6) is 0 Å². The topological polar surface area (TPSA) is 88.3 Å². The van der Waals surface area contributed by atoms with Gasteiger partial charge in [-0.25, -0.2) is 4.98 Å². The summed E-state index contributed by atoms with van der Waals surface area (Å²) >= 11 is 6.36. The monoisotopic (exact) mass is 476 g/mol. The molecule has 174 valence electrons. The van der Waals surface area contributed by atoms with Gasteiger partial charge in [-0.05, 0) is 52.0 Å². The number of nitrogens with zero attached hydrogens (tertiary/aromatic N) is 3. The highest BCUT2D eigenvalue weighted by Gasteiger charge is 2.21. The van der Waals surface area contributed by atoms with Crippen molar-refractivity contribution in [1.29, 1.82) is 0 Å². The molecule has 2 amide bonds. The fraction of sp³-hybridized carbons (Fsp3) is 0.231. The maximum atomic E-state index is 13.4. The lowest BCUT2D eigenvalue weighted by Crippen LogP contribution is -2.33. The Labute approximate surface area is 202 Å². The molecule has 4 aromatic rings. The molecular formula is C26H25ClN4O3. The smallest absolute Gasteiger partial charge is 0.259 e. The highest BCUT2D eigenvalue weighted by molar-refractivity contribution is 6.34. The van der Waals surface area contributed by atoms with Crippen molar-refractivity contribution >= 4 is 40.2 Å². The largest absolute Gasteiger partial charge is 0.339 e. The van der Waals surface area contributed by atoms with Crippen LogP contribution in [0.2, 0.25) is 5.02 Å². The number of fused-ring (bicyclic) bond motifs is 1. The molecule has 4 rings (SSSR count). The predicted octanol–water partition coefficient (Wildman–Crippen LogP) is 5.89. The van der Waals surface area contributed by atoms with E-state index in [1.807, 2.05) is 45.0 Å². The van der Waals surface area contributed by atoms with E-state index < -0.39 is 5.91 Å². The lowest BCUT2D eigenvalue weighted by atomic mass is 10.0. The lowest BCUT2D eigenvalue weighted by molar-refractivity contribution is 0.0754. The van der Waals surface area contributed by atoms with Crippen LogP contribution in [0.4, 0.5) is 5.69 Å². The summed E-state index contributed by atoms with van der Waals surface area (Å²) in [5.74, 6) is -0.569. The van der Waals surface area contributed by atoms with Gasteiger partial charge in [0.1, 0.15) is 0 Å². The minimum atomic E-state index is -0.407. The van der Waals surface area contributed by atoms with Crippen molar-refractivity contribution in [1.82, 2.24) is 15.0 Å². The summed E-state index contributed by atoms with van der Waals surface area (Å²) in [4.78, 5) is 32.4. The first-order chi connectivity index (χ1) is 16.2. The Morgan fingerprint density at radius 3 is 2.44 bits per heavy atom. The van der Waals surface area contributed by atoms with E-state index >= 15 is 0 Å². The normalized spacial score (nSPS) is 11.1. The molecule has 7 nitrogen and oxygen atoms in total. The number of hydrogen-bond donors (Lipinski definition) is 1. The van der Waals surface area contributed by atoms with Crippen LogP contribution in [0.25, 0.3) is 22.4 Å². The second-order valence-electron chi connectivity index (χ2n) is 8.53. The Hall–Kier alpha value is -3.71. The van der Waals surface area contributed by atoms with Crippen LogP contribution in [0.1, 0.15) is 45.8 Å². The number of amides is 2. The van der Waals surface area contributed by atoms with E-state index in [2.05, 4.69) is 15.5 Å². The van der Waals surface area contributed by atoms with E-state index in [1.165, 1.54) is 0 Å². The summed E-state index contributed by atoms with van der Waals surface area (Å²) in [6.07, 6.45) is 0. The van der Waals surface area contributed by atoms with Crippen molar-refractivity contribution in [3.8, 4) is 11.3 Å². The first-order valence-electron chi connectivity index (χ1n) is 10.9. The standard InChI is InChI=1S/C26H25ClN4O3/c1-14(2)31(5)26(33)18-10-11-20(27)22(12-18)28-24(32)19-13-21(17-8-6-15(3)7-9-17)29-25-23(19)16(4)30-34-25/h6-14H,1-5H3,(H,28,32). The number of halogens is 1. The zero-order valence-electron chi connectivity index (χ0n) is 19.6. The van der Waals surface area contributed by atoms with Crippen LogP contribution in [0.15, 0.2) is 53.1 Å². The summed E-state index contributed by atoms with van der Waals surface area (Å²) in [5.41, 5.74) is 4.49. The third-order valence-corrected chi connectivity index (χ3v) is 6.10. The van der Waals surface area contributed by atoms with Gasteiger partial charge in [-0.3, -0.25) is 9.59 Å². The van der Waals surface area contributed by atoms with Gasteiger partial charge in [-0.1, -0.05) is 46.6 Å². The average molecular weight is 477 g/mol. The number of aryl methyl sites for hydroxylation is 2. The SMILES string of the molecule is Cc1ccc(-c2cc(C(=O)Nc3cc(C(=O)N(C)C(C)C)ccc3Cl)c3c(C)noc3n2)cc1. The van der Waals surface area contributed by atoms with E-state index in [0.717, 1.165) is 11.1 Å². The van der Waals surface area contributed by atoms with Crippen LogP contribution in [-0.4, -0.2) is 39.9 Å². The van der Waals surface area contributed by atoms with E-state index in [4.69, 9.17) is 16.1 Å². The second kappa shape index (κ2) is 9.27. The fourth-order valence-electron chi connectivity index (χ4n) is 3.53. The van der Waals surface area contributed by atoms with Gasteiger partial charge in [0.05, 0.1) is 33.0 Å². The average Bonchev–Trinajstić information content (AvgIpc) is 3.20. The fourth-order valence-corrected chi connectivity index (χ4v) is 3.69. The minimum absolute atomic E-state index is 0.0306. The quantitative estimate of drug-likeness (QED) is 0.388. The van der Waals surface area contributed by atoms with Crippen LogP contribution in [-0.2, 0) is 0 Å². The van der Waals surface area contributed by atoms with Crippen molar-refractivity contribution in [2.45, 2.75) is 33.7 Å². The number of carbonyl (C=O) groups excluding carboxylic acids is 2. The Bertz CT molecular complexity index is 1390. The highest BCUT2D eigenvalue weighted by Crippen LogP contribution is 2.30. The van der Waals surface area contributed by atoms with Crippen LogP contribution in [0, 0.1) is 13.8 Å². The van der Waals surface area contributed by atoms with Gasteiger partial charge in [-0.15, -0.1) is 0 Å². The minimum Gasteiger partial charge on any atom is -0.339 e. The van der Waals surface area contributed by atoms with E-state index in [0.29, 0.717) is 38.6 Å². The van der Waals surface area contributed by atoms with E-state index in [9.17, 15) is 9.59 Å². The van der Waals surface area contributed by atoms with Gasteiger partial charge in [0.15, 0.2) is 0 Å². The van der Waals surface area contributed by atoms with Gasteiger partial charge >= 0.3 is 0 Å². The molecule has 0 radical (unpaired) electrons. The maximum absolute atomic E-state index is 13.4. The summed E-state index contributed by atoms with van der Waals surface area (Å²) in [6.45, 7) is 7.61. The molecule has 0 aliphatic carbocycles. The van der Waals surface area contributed by atoms with Crippen LogP contribution < -0.4 is 5.32 Å². The van der Waals surface area contributed by atoms with Gasteiger partial charge in [0.2, 0.25) is 0 Å². The predicted molar refractivity (Wildman–Crippen MR) is 133 cm³/mol. The molecule has 0 saturated carbocycles. The first-order valence-corrected chi connectivity index (χ1v) is 11.3. The molecule has 0 saturated heterocycles. The first kappa shape index (κ1) is 23.4. The van der Waals surface area contributed by atoms with Gasteiger partial charge < -0.3 is 14.7 Å². The lowest BCUT2D eigenvalue weighted by Gasteiger charge is -2.22. The zero-order valence-corrected chi connectivity index (χ0v) is 20.4. The van der Waals surface area contributed by atoms with E-state index in [1.54, 1.807) is 43.1 Å².